The second-order valence-electron chi connectivity index (χ2n) is 5.73. The molecule has 0 saturated carbocycles. The van der Waals surface area contributed by atoms with E-state index in [1.807, 2.05) is 20.8 Å². The van der Waals surface area contributed by atoms with Crippen LogP contribution in [-0.4, -0.2) is 21.6 Å². The van der Waals surface area contributed by atoms with Crippen LogP contribution in [0.3, 0.4) is 0 Å². The van der Waals surface area contributed by atoms with Crippen LogP contribution >= 0.6 is 23.2 Å². The van der Waals surface area contributed by atoms with E-state index in [4.69, 9.17) is 23.2 Å². The van der Waals surface area contributed by atoms with Crippen LogP contribution in [0.5, 0.6) is 0 Å². The van der Waals surface area contributed by atoms with Gasteiger partial charge in [-0.25, -0.2) is 0 Å². The smallest absolute Gasteiger partial charge is 0.276 e. The summed E-state index contributed by atoms with van der Waals surface area (Å²) in [6.07, 6.45) is 0. The quantitative estimate of drug-likeness (QED) is 0.877. The van der Waals surface area contributed by atoms with Gasteiger partial charge >= 0.3 is 0 Å². The summed E-state index contributed by atoms with van der Waals surface area (Å²) in [5.41, 5.74) is 0.487. The minimum atomic E-state index is -0.404. The van der Waals surface area contributed by atoms with Crippen molar-refractivity contribution in [1.82, 2.24) is 10.2 Å². The van der Waals surface area contributed by atoms with Crippen LogP contribution in [0.2, 0.25) is 10.0 Å². The highest BCUT2D eigenvalue weighted by Gasteiger charge is 2.14. The largest absolute Gasteiger partial charge is 0.364 e. The number of nitrogens with zero attached hydrogens (tertiary/aromatic N) is 2. The standard InChI is InChI=1S/C15H16Cl2N4O/c1-15(2,3)19-12-8-7-11(20-21-12)14(22)18-10-6-4-5-9(16)13(10)17/h4-8H,1-3H3,(H,18,22)(H,19,21). The van der Waals surface area contributed by atoms with E-state index in [-0.39, 0.29) is 16.3 Å². The van der Waals surface area contributed by atoms with Crippen LogP contribution < -0.4 is 10.6 Å². The van der Waals surface area contributed by atoms with Crippen LogP contribution in [0.1, 0.15) is 31.3 Å². The van der Waals surface area contributed by atoms with Crippen LogP contribution in [0.15, 0.2) is 30.3 Å². The van der Waals surface area contributed by atoms with Crippen molar-refractivity contribution in [3.63, 3.8) is 0 Å². The van der Waals surface area contributed by atoms with E-state index in [1.165, 1.54) is 0 Å². The molecule has 0 atom stereocenters. The maximum Gasteiger partial charge on any atom is 0.276 e. The molecule has 22 heavy (non-hydrogen) atoms. The minimum Gasteiger partial charge on any atom is -0.364 e. The number of amides is 1. The molecule has 0 aliphatic carbocycles. The minimum absolute atomic E-state index is 0.132. The van der Waals surface area contributed by atoms with E-state index in [0.717, 1.165) is 0 Å². The van der Waals surface area contributed by atoms with Crippen molar-refractivity contribution in [2.45, 2.75) is 26.3 Å². The van der Waals surface area contributed by atoms with E-state index in [9.17, 15) is 4.79 Å². The lowest BCUT2D eigenvalue weighted by Gasteiger charge is -2.20. The van der Waals surface area contributed by atoms with Crippen molar-refractivity contribution in [2.24, 2.45) is 0 Å². The number of aromatic nitrogens is 2. The Morgan fingerprint density at radius 2 is 1.82 bits per heavy atom. The zero-order valence-electron chi connectivity index (χ0n) is 12.4. The number of nitrogens with one attached hydrogen (secondary N) is 2. The maximum absolute atomic E-state index is 12.1. The number of hydrogen-bond donors (Lipinski definition) is 2. The van der Waals surface area contributed by atoms with Crippen LogP contribution in [0, 0.1) is 0 Å². The lowest BCUT2D eigenvalue weighted by molar-refractivity contribution is 0.102. The first-order valence-corrected chi connectivity index (χ1v) is 7.39. The molecule has 0 unspecified atom stereocenters. The summed E-state index contributed by atoms with van der Waals surface area (Å²) in [6.45, 7) is 6.03. The molecule has 0 aliphatic rings. The first-order valence-electron chi connectivity index (χ1n) is 6.63. The molecule has 2 rings (SSSR count). The van der Waals surface area contributed by atoms with Gasteiger partial charge in [0, 0.05) is 5.54 Å². The number of anilines is 2. The highest BCUT2D eigenvalue weighted by molar-refractivity contribution is 6.44. The molecule has 0 spiro atoms. The summed E-state index contributed by atoms with van der Waals surface area (Å²) in [5.74, 6) is 0.198. The zero-order valence-corrected chi connectivity index (χ0v) is 14.0. The average Bonchev–Trinajstić information content (AvgIpc) is 2.43. The number of rotatable bonds is 3. The van der Waals surface area contributed by atoms with Gasteiger partial charge in [-0.1, -0.05) is 29.3 Å². The lowest BCUT2D eigenvalue weighted by Crippen LogP contribution is -2.27. The molecule has 0 fully saturated rings. The fourth-order valence-electron chi connectivity index (χ4n) is 1.69. The van der Waals surface area contributed by atoms with Gasteiger partial charge in [0.1, 0.15) is 5.82 Å². The second-order valence-corrected chi connectivity index (χ2v) is 6.52. The normalized spacial score (nSPS) is 11.1. The van der Waals surface area contributed by atoms with E-state index in [1.54, 1.807) is 30.3 Å². The van der Waals surface area contributed by atoms with Gasteiger partial charge in [0.05, 0.1) is 15.7 Å². The first kappa shape index (κ1) is 16.5. The summed E-state index contributed by atoms with van der Waals surface area (Å²) in [6, 6.07) is 8.30. The topological polar surface area (TPSA) is 66.9 Å². The Morgan fingerprint density at radius 1 is 1.09 bits per heavy atom. The Bertz CT molecular complexity index is 681. The molecule has 0 radical (unpaired) electrons. The van der Waals surface area contributed by atoms with Gasteiger partial charge in [-0.3, -0.25) is 4.79 Å². The summed E-state index contributed by atoms with van der Waals surface area (Å²) >= 11 is 11.9. The van der Waals surface area contributed by atoms with Gasteiger partial charge in [-0.05, 0) is 45.0 Å². The summed E-state index contributed by atoms with van der Waals surface area (Å²) in [4.78, 5) is 12.1. The van der Waals surface area contributed by atoms with Gasteiger partial charge in [-0.2, -0.15) is 0 Å². The Kier molecular flexibility index (Phi) is 4.88. The fourth-order valence-corrected chi connectivity index (χ4v) is 2.04. The average molecular weight is 339 g/mol. The molecule has 0 saturated heterocycles. The molecule has 5 nitrogen and oxygen atoms in total. The Labute approximate surface area is 139 Å². The molecule has 1 heterocycles. The SMILES string of the molecule is CC(C)(C)Nc1ccc(C(=O)Nc2cccc(Cl)c2Cl)nn1. The number of carbonyl (C=O) groups is 1. The van der Waals surface area contributed by atoms with Gasteiger partial charge < -0.3 is 10.6 Å². The van der Waals surface area contributed by atoms with Crippen molar-refractivity contribution in [1.29, 1.82) is 0 Å². The molecule has 1 aromatic carbocycles. The Hall–Kier alpha value is -1.85. The maximum atomic E-state index is 12.1. The van der Waals surface area contributed by atoms with Gasteiger partial charge in [0.2, 0.25) is 0 Å². The molecule has 1 aromatic heterocycles. The predicted octanol–water partition coefficient (Wildman–Crippen LogP) is 4.25. The van der Waals surface area contributed by atoms with Crippen LogP contribution in [0.25, 0.3) is 0 Å². The third-order valence-electron chi connectivity index (χ3n) is 2.60. The first-order chi connectivity index (χ1) is 10.3. The van der Waals surface area contributed by atoms with E-state index < -0.39 is 5.91 Å². The van der Waals surface area contributed by atoms with Crippen molar-refractivity contribution >= 4 is 40.6 Å². The summed E-state index contributed by atoms with van der Waals surface area (Å²) in [5, 5.41) is 14.4. The molecular weight excluding hydrogens is 323 g/mol. The van der Waals surface area contributed by atoms with Gasteiger partial charge in [0.25, 0.3) is 5.91 Å². The molecule has 0 aliphatic heterocycles. The summed E-state index contributed by atoms with van der Waals surface area (Å²) < 4.78 is 0. The number of hydrogen-bond acceptors (Lipinski definition) is 4. The van der Waals surface area contributed by atoms with Gasteiger partial charge in [-0.15, -0.1) is 10.2 Å². The van der Waals surface area contributed by atoms with Crippen molar-refractivity contribution < 1.29 is 4.79 Å². The van der Waals surface area contributed by atoms with Crippen LogP contribution in [-0.2, 0) is 0 Å². The molecule has 7 heteroatoms. The fraction of sp³-hybridized carbons (Fsp3) is 0.267. The van der Waals surface area contributed by atoms with Gasteiger partial charge in [0.15, 0.2) is 5.69 Å². The predicted molar refractivity (Wildman–Crippen MR) is 89.8 cm³/mol. The van der Waals surface area contributed by atoms with E-state index in [0.29, 0.717) is 16.5 Å². The highest BCUT2D eigenvalue weighted by atomic mass is 35.5. The number of carbonyl (C=O) groups excluding carboxylic acids is 1. The molecule has 1 amide bonds. The second kappa shape index (κ2) is 6.50. The Morgan fingerprint density at radius 3 is 2.41 bits per heavy atom. The molecule has 0 bridgehead atoms. The number of halogens is 2. The zero-order chi connectivity index (χ0) is 16.3. The third kappa shape index (κ3) is 4.32. The molecule has 2 aromatic rings. The summed E-state index contributed by atoms with van der Waals surface area (Å²) in [7, 11) is 0. The lowest BCUT2D eigenvalue weighted by atomic mass is 10.1. The van der Waals surface area contributed by atoms with Crippen molar-refractivity contribution in [3.05, 3.63) is 46.1 Å². The highest BCUT2D eigenvalue weighted by Crippen LogP contribution is 2.29. The number of benzene rings is 1. The monoisotopic (exact) mass is 338 g/mol. The van der Waals surface area contributed by atoms with E-state index in [2.05, 4.69) is 20.8 Å². The molecule has 116 valence electrons. The van der Waals surface area contributed by atoms with Crippen molar-refractivity contribution in [3.8, 4) is 0 Å². The van der Waals surface area contributed by atoms with Crippen LogP contribution in [0.4, 0.5) is 11.5 Å². The van der Waals surface area contributed by atoms with Crippen molar-refractivity contribution in [2.75, 3.05) is 10.6 Å². The van der Waals surface area contributed by atoms with E-state index >= 15 is 0 Å². The molecular formula is C15H16Cl2N4O. The molecule has 2 N–H and O–H groups in total. The third-order valence-corrected chi connectivity index (χ3v) is 3.42. The Balaban J connectivity index is 2.12.